The van der Waals surface area contributed by atoms with Gasteiger partial charge < -0.3 is 5.32 Å². The van der Waals surface area contributed by atoms with Crippen molar-refractivity contribution in [2.24, 2.45) is 0 Å². The maximum absolute atomic E-state index is 4.53. The number of nitrogens with one attached hydrogen (secondary N) is 1. The molecular formula is C14H14N4S2. The van der Waals surface area contributed by atoms with E-state index in [1.807, 2.05) is 36.5 Å². The van der Waals surface area contributed by atoms with Crippen LogP contribution < -0.4 is 5.32 Å². The van der Waals surface area contributed by atoms with Crippen molar-refractivity contribution in [3.8, 4) is 11.4 Å². The lowest BCUT2D eigenvalue weighted by molar-refractivity contribution is 0.867. The first-order chi connectivity index (χ1) is 9.72. The summed E-state index contributed by atoms with van der Waals surface area (Å²) in [6.07, 6.45) is 1.90. The van der Waals surface area contributed by atoms with Crippen molar-refractivity contribution in [1.29, 1.82) is 0 Å². The molecule has 0 aliphatic carbocycles. The Balaban J connectivity index is 1.74. The molecule has 0 bridgehead atoms. The van der Waals surface area contributed by atoms with Gasteiger partial charge in [-0.1, -0.05) is 30.3 Å². The van der Waals surface area contributed by atoms with Crippen LogP contribution in [0, 0.1) is 6.92 Å². The molecule has 0 saturated heterocycles. The van der Waals surface area contributed by atoms with Crippen molar-refractivity contribution in [2.75, 3.05) is 5.32 Å². The number of thiazole rings is 1. The van der Waals surface area contributed by atoms with E-state index < -0.39 is 0 Å². The lowest BCUT2D eigenvalue weighted by Crippen LogP contribution is -2.05. The number of hydrogen-bond donors (Lipinski definition) is 1. The van der Waals surface area contributed by atoms with Gasteiger partial charge in [0.15, 0.2) is 5.82 Å². The fourth-order valence-corrected chi connectivity index (χ4v) is 3.26. The number of benzene rings is 1. The first kappa shape index (κ1) is 13.2. The van der Waals surface area contributed by atoms with E-state index in [2.05, 4.69) is 33.5 Å². The minimum absolute atomic E-state index is 0.144. The quantitative estimate of drug-likeness (QED) is 0.787. The molecule has 2 aromatic heterocycles. The monoisotopic (exact) mass is 302 g/mol. The van der Waals surface area contributed by atoms with Gasteiger partial charge in [0.25, 0.3) is 0 Å². The zero-order valence-electron chi connectivity index (χ0n) is 11.2. The van der Waals surface area contributed by atoms with Crippen LogP contribution in [0.25, 0.3) is 11.4 Å². The molecule has 1 N–H and O–H groups in total. The molecule has 0 saturated carbocycles. The maximum atomic E-state index is 4.53. The van der Waals surface area contributed by atoms with Crippen LogP contribution in [0.3, 0.4) is 0 Å². The third-order valence-electron chi connectivity index (χ3n) is 2.81. The fourth-order valence-electron chi connectivity index (χ4n) is 1.81. The lowest BCUT2D eigenvalue weighted by Gasteiger charge is -2.08. The standard InChI is InChI=1S/C14H14N4S2/c1-9-8-15-13(19-9)10(2)16-14-17-12(18-20-14)11-6-4-3-5-7-11/h3-8,10H,1-2H3,(H,16,17,18). The highest BCUT2D eigenvalue weighted by Gasteiger charge is 2.12. The van der Waals surface area contributed by atoms with Crippen molar-refractivity contribution in [3.63, 3.8) is 0 Å². The number of rotatable bonds is 4. The second-order valence-corrected chi connectivity index (χ2v) is 6.48. The molecule has 1 atom stereocenters. The molecule has 0 radical (unpaired) electrons. The summed E-state index contributed by atoms with van der Waals surface area (Å²) in [4.78, 5) is 10.1. The Morgan fingerprint density at radius 1 is 1.20 bits per heavy atom. The van der Waals surface area contributed by atoms with Crippen LogP contribution in [0.1, 0.15) is 22.9 Å². The summed E-state index contributed by atoms with van der Waals surface area (Å²) >= 11 is 3.08. The Morgan fingerprint density at radius 3 is 2.70 bits per heavy atom. The van der Waals surface area contributed by atoms with Crippen molar-refractivity contribution in [1.82, 2.24) is 14.3 Å². The van der Waals surface area contributed by atoms with Crippen molar-refractivity contribution in [2.45, 2.75) is 19.9 Å². The van der Waals surface area contributed by atoms with Crippen LogP contribution >= 0.6 is 22.9 Å². The van der Waals surface area contributed by atoms with Gasteiger partial charge >= 0.3 is 0 Å². The molecule has 1 aromatic carbocycles. The largest absolute Gasteiger partial charge is 0.351 e. The van der Waals surface area contributed by atoms with Gasteiger partial charge in [0.2, 0.25) is 5.13 Å². The number of aryl methyl sites for hydroxylation is 1. The molecular weight excluding hydrogens is 288 g/mol. The van der Waals surface area contributed by atoms with Gasteiger partial charge in [-0.2, -0.15) is 9.36 Å². The number of hydrogen-bond acceptors (Lipinski definition) is 6. The van der Waals surface area contributed by atoms with Crippen molar-refractivity contribution >= 4 is 28.0 Å². The highest BCUT2D eigenvalue weighted by atomic mass is 32.1. The highest BCUT2D eigenvalue weighted by molar-refractivity contribution is 7.11. The number of nitrogens with zero attached hydrogens (tertiary/aromatic N) is 3. The summed E-state index contributed by atoms with van der Waals surface area (Å²) in [5.41, 5.74) is 1.04. The van der Waals surface area contributed by atoms with Gasteiger partial charge in [0, 0.05) is 28.2 Å². The number of anilines is 1. The summed E-state index contributed by atoms with van der Waals surface area (Å²) in [7, 11) is 0. The molecule has 0 fully saturated rings. The molecule has 0 aliphatic heterocycles. The summed E-state index contributed by atoms with van der Waals surface area (Å²) in [5.74, 6) is 0.764. The topological polar surface area (TPSA) is 50.7 Å². The Morgan fingerprint density at radius 2 is 2.00 bits per heavy atom. The van der Waals surface area contributed by atoms with E-state index in [9.17, 15) is 0 Å². The van der Waals surface area contributed by atoms with Crippen molar-refractivity contribution < 1.29 is 0 Å². The molecule has 1 unspecified atom stereocenters. The van der Waals surface area contributed by atoms with E-state index in [0.29, 0.717) is 0 Å². The van der Waals surface area contributed by atoms with Crippen LogP contribution in [-0.4, -0.2) is 14.3 Å². The summed E-state index contributed by atoms with van der Waals surface area (Å²) in [5, 5.41) is 5.25. The third-order valence-corrected chi connectivity index (χ3v) is 4.55. The highest BCUT2D eigenvalue weighted by Crippen LogP contribution is 2.26. The first-order valence-corrected chi connectivity index (χ1v) is 7.89. The predicted molar refractivity (Wildman–Crippen MR) is 84.2 cm³/mol. The molecule has 3 rings (SSSR count). The second-order valence-electron chi connectivity index (χ2n) is 4.46. The van der Waals surface area contributed by atoms with Crippen LogP contribution in [0.5, 0.6) is 0 Å². The zero-order valence-corrected chi connectivity index (χ0v) is 12.8. The molecule has 0 amide bonds. The Labute approximate surface area is 125 Å². The Bertz CT molecular complexity index is 690. The molecule has 3 aromatic rings. The normalized spacial score (nSPS) is 12.3. The van der Waals surface area contributed by atoms with Gasteiger partial charge in [-0.15, -0.1) is 11.3 Å². The third kappa shape index (κ3) is 2.86. The van der Waals surface area contributed by atoms with Crippen LogP contribution in [0.4, 0.5) is 5.13 Å². The van der Waals surface area contributed by atoms with E-state index in [1.54, 1.807) is 11.3 Å². The minimum atomic E-state index is 0.144. The second kappa shape index (κ2) is 5.68. The van der Waals surface area contributed by atoms with Crippen LogP contribution in [0.2, 0.25) is 0 Å². The van der Waals surface area contributed by atoms with Gasteiger partial charge in [-0.25, -0.2) is 4.98 Å². The van der Waals surface area contributed by atoms with E-state index in [1.165, 1.54) is 16.4 Å². The van der Waals surface area contributed by atoms with E-state index >= 15 is 0 Å². The molecule has 102 valence electrons. The molecule has 0 spiro atoms. The molecule has 4 nitrogen and oxygen atoms in total. The molecule has 0 aliphatic rings. The minimum Gasteiger partial charge on any atom is -0.351 e. The molecule has 6 heteroatoms. The van der Waals surface area contributed by atoms with Gasteiger partial charge in [-0.05, 0) is 13.8 Å². The fraction of sp³-hybridized carbons (Fsp3) is 0.214. The first-order valence-electron chi connectivity index (χ1n) is 6.30. The van der Waals surface area contributed by atoms with E-state index in [-0.39, 0.29) is 6.04 Å². The summed E-state index contributed by atoms with van der Waals surface area (Å²) < 4.78 is 4.39. The van der Waals surface area contributed by atoms with Crippen molar-refractivity contribution in [3.05, 3.63) is 46.4 Å². The predicted octanol–water partition coefficient (Wildman–Crippen LogP) is 4.14. The Kier molecular flexibility index (Phi) is 3.75. The maximum Gasteiger partial charge on any atom is 0.203 e. The number of aromatic nitrogens is 3. The average Bonchev–Trinajstić information content (AvgIpc) is 3.09. The van der Waals surface area contributed by atoms with Crippen LogP contribution in [-0.2, 0) is 0 Å². The SMILES string of the molecule is Cc1cnc(C(C)Nc2nc(-c3ccccc3)ns2)s1. The van der Waals surface area contributed by atoms with Gasteiger partial charge in [0.1, 0.15) is 5.01 Å². The average molecular weight is 302 g/mol. The zero-order chi connectivity index (χ0) is 13.9. The summed E-state index contributed by atoms with van der Waals surface area (Å²) in [6.45, 7) is 4.15. The molecule has 2 heterocycles. The van der Waals surface area contributed by atoms with Crippen LogP contribution in [0.15, 0.2) is 36.5 Å². The van der Waals surface area contributed by atoms with Gasteiger partial charge in [0.05, 0.1) is 6.04 Å². The lowest BCUT2D eigenvalue weighted by atomic mass is 10.2. The van der Waals surface area contributed by atoms with E-state index in [0.717, 1.165) is 21.5 Å². The van der Waals surface area contributed by atoms with Gasteiger partial charge in [-0.3, -0.25) is 0 Å². The summed E-state index contributed by atoms with van der Waals surface area (Å²) in [6, 6.07) is 10.1. The van der Waals surface area contributed by atoms with E-state index in [4.69, 9.17) is 0 Å². The smallest absolute Gasteiger partial charge is 0.203 e. The Hall–Kier alpha value is -1.79. The molecule has 20 heavy (non-hydrogen) atoms.